The summed E-state index contributed by atoms with van der Waals surface area (Å²) in [6.07, 6.45) is 3.54. The predicted molar refractivity (Wildman–Crippen MR) is 99.1 cm³/mol. The van der Waals surface area contributed by atoms with Crippen LogP contribution in [0.25, 0.3) is 0 Å². The third-order valence-electron chi connectivity index (χ3n) is 3.89. The molecule has 2 heterocycles. The van der Waals surface area contributed by atoms with E-state index in [0.29, 0.717) is 18.3 Å². The zero-order valence-electron chi connectivity index (χ0n) is 14.6. The zero-order valence-corrected chi connectivity index (χ0v) is 15.5. The van der Waals surface area contributed by atoms with Crippen LogP contribution in [0.2, 0.25) is 0 Å². The third-order valence-corrected chi connectivity index (χ3v) is 4.29. The van der Waals surface area contributed by atoms with Gasteiger partial charge in [-0.05, 0) is 36.8 Å². The van der Waals surface area contributed by atoms with Crippen molar-refractivity contribution in [3.63, 3.8) is 0 Å². The zero-order chi connectivity index (χ0) is 17.9. The SMILES string of the molecule is CCOC(=O)CNC(=S)N(CCN1CCOCC1)Cc1ccncc1. The van der Waals surface area contributed by atoms with Crippen molar-refractivity contribution in [2.75, 3.05) is 52.5 Å². The van der Waals surface area contributed by atoms with E-state index in [1.165, 1.54) is 0 Å². The topological polar surface area (TPSA) is 66.9 Å². The number of carbonyl (C=O) groups is 1. The number of rotatable bonds is 8. The molecule has 0 radical (unpaired) electrons. The van der Waals surface area contributed by atoms with Crippen LogP contribution in [0.1, 0.15) is 12.5 Å². The molecule has 1 saturated heterocycles. The van der Waals surface area contributed by atoms with Crippen LogP contribution in [0.5, 0.6) is 0 Å². The van der Waals surface area contributed by atoms with Gasteiger partial charge in [-0.15, -0.1) is 0 Å². The number of hydrogen-bond acceptors (Lipinski definition) is 6. The van der Waals surface area contributed by atoms with Crippen LogP contribution in [-0.4, -0.2) is 78.4 Å². The number of morpholine rings is 1. The molecular formula is C17H26N4O3S. The van der Waals surface area contributed by atoms with Crippen LogP contribution >= 0.6 is 12.2 Å². The Morgan fingerprint density at radius 1 is 1.40 bits per heavy atom. The van der Waals surface area contributed by atoms with E-state index < -0.39 is 0 Å². The fraction of sp³-hybridized carbons (Fsp3) is 0.588. The first-order valence-electron chi connectivity index (χ1n) is 8.56. The highest BCUT2D eigenvalue weighted by molar-refractivity contribution is 7.80. The van der Waals surface area contributed by atoms with Gasteiger partial charge in [-0.1, -0.05) is 0 Å². The first kappa shape index (κ1) is 19.6. The predicted octanol–water partition coefficient (Wildman–Crippen LogP) is 0.653. The molecule has 0 unspecified atom stereocenters. The van der Waals surface area contributed by atoms with E-state index in [1.807, 2.05) is 12.1 Å². The molecule has 1 fully saturated rings. The fourth-order valence-electron chi connectivity index (χ4n) is 2.52. The molecule has 8 heteroatoms. The maximum Gasteiger partial charge on any atom is 0.325 e. The first-order chi connectivity index (χ1) is 12.2. The Bertz CT molecular complexity index is 538. The molecule has 0 atom stereocenters. The number of ether oxygens (including phenoxy) is 2. The highest BCUT2D eigenvalue weighted by atomic mass is 32.1. The highest BCUT2D eigenvalue weighted by Crippen LogP contribution is 2.05. The molecule has 0 spiro atoms. The Hall–Kier alpha value is -1.77. The van der Waals surface area contributed by atoms with Crippen molar-refractivity contribution in [2.45, 2.75) is 13.5 Å². The normalized spacial score (nSPS) is 14.8. The number of aromatic nitrogens is 1. The number of carbonyl (C=O) groups excluding carboxylic acids is 1. The number of nitrogens with one attached hydrogen (secondary N) is 1. The minimum Gasteiger partial charge on any atom is -0.465 e. The lowest BCUT2D eigenvalue weighted by Gasteiger charge is -2.31. The quantitative estimate of drug-likeness (QED) is 0.532. The van der Waals surface area contributed by atoms with Crippen LogP contribution < -0.4 is 5.32 Å². The van der Waals surface area contributed by atoms with E-state index in [2.05, 4.69) is 20.1 Å². The number of hydrogen-bond donors (Lipinski definition) is 1. The summed E-state index contributed by atoms with van der Waals surface area (Å²) in [5, 5.41) is 3.55. The van der Waals surface area contributed by atoms with Gasteiger partial charge < -0.3 is 19.7 Å². The molecule has 0 amide bonds. The minimum atomic E-state index is -0.304. The largest absolute Gasteiger partial charge is 0.465 e. The van der Waals surface area contributed by atoms with Gasteiger partial charge in [0, 0.05) is 45.1 Å². The fourth-order valence-corrected chi connectivity index (χ4v) is 2.75. The Labute approximate surface area is 154 Å². The van der Waals surface area contributed by atoms with Gasteiger partial charge in [-0.3, -0.25) is 14.7 Å². The number of esters is 1. The molecule has 0 aliphatic carbocycles. The molecule has 25 heavy (non-hydrogen) atoms. The third kappa shape index (κ3) is 7.33. The Kier molecular flexibility index (Phi) is 8.58. The van der Waals surface area contributed by atoms with E-state index in [1.54, 1.807) is 19.3 Å². The van der Waals surface area contributed by atoms with Gasteiger partial charge >= 0.3 is 5.97 Å². The molecule has 1 aromatic heterocycles. The minimum absolute atomic E-state index is 0.0804. The number of pyridine rings is 1. The number of thiocarbonyl (C=S) groups is 1. The van der Waals surface area contributed by atoms with Gasteiger partial charge in [0.05, 0.1) is 19.8 Å². The van der Waals surface area contributed by atoms with Gasteiger partial charge in [0.2, 0.25) is 0 Å². The maximum absolute atomic E-state index is 11.5. The summed E-state index contributed by atoms with van der Waals surface area (Å²) in [6.45, 7) is 7.99. The lowest BCUT2D eigenvalue weighted by Crippen LogP contribution is -2.46. The second-order valence-electron chi connectivity index (χ2n) is 5.69. The summed E-state index contributed by atoms with van der Waals surface area (Å²) in [5.74, 6) is -0.304. The van der Waals surface area contributed by atoms with E-state index in [0.717, 1.165) is 45.0 Å². The van der Waals surface area contributed by atoms with Crippen molar-refractivity contribution >= 4 is 23.3 Å². The van der Waals surface area contributed by atoms with Crippen molar-refractivity contribution < 1.29 is 14.3 Å². The van der Waals surface area contributed by atoms with Crippen LogP contribution in [0.15, 0.2) is 24.5 Å². The van der Waals surface area contributed by atoms with E-state index in [9.17, 15) is 4.79 Å². The van der Waals surface area contributed by atoms with Gasteiger partial charge in [-0.2, -0.15) is 0 Å². The molecule has 2 rings (SSSR count). The average molecular weight is 366 g/mol. The smallest absolute Gasteiger partial charge is 0.325 e. The molecule has 7 nitrogen and oxygen atoms in total. The van der Waals surface area contributed by atoms with Gasteiger partial charge in [0.25, 0.3) is 0 Å². The van der Waals surface area contributed by atoms with Crippen molar-refractivity contribution in [2.24, 2.45) is 0 Å². The summed E-state index contributed by atoms with van der Waals surface area (Å²) in [4.78, 5) is 20.0. The van der Waals surface area contributed by atoms with E-state index >= 15 is 0 Å². The van der Waals surface area contributed by atoms with E-state index in [4.69, 9.17) is 21.7 Å². The van der Waals surface area contributed by atoms with Crippen LogP contribution in [0, 0.1) is 0 Å². The summed E-state index contributed by atoms with van der Waals surface area (Å²) >= 11 is 5.49. The molecular weight excluding hydrogens is 340 g/mol. The molecule has 0 bridgehead atoms. The van der Waals surface area contributed by atoms with Crippen molar-refractivity contribution in [1.29, 1.82) is 0 Å². The molecule has 1 aliphatic heterocycles. The summed E-state index contributed by atoms with van der Waals surface area (Å²) < 4.78 is 10.3. The first-order valence-corrected chi connectivity index (χ1v) is 8.97. The van der Waals surface area contributed by atoms with Gasteiger partial charge in [0.15, 0.2) is 5.11 Å². The molecule has 138 valence electrons. The van der Waals surface area contributed by atoms with Crippen LogP contribution in [-0.2, 0) is 20.8 Å². The standard InChI is InChI=1S/C17H26N4O3S/c1-2-24-16(22)13-19-17(25)21(14-15-3-5-18-6-4-15)8-7-20-9-11-23-12-10-20/h3-6H,2,7-14H2,1H3,(H,19,25). The maximum atomic E-state index is 11.5. The van der Waals surface area contributed by atoms with Crippen molar-refractivity contribution in [1.82, 2.24) is 20.1 Å². The Balaban J connectivity index is 1.90. The summed E-state index contributed by atoms with van der Waals surface area (Å²) in [7, 11) is 0. The van der Waals surface area contributed by atoms with Gasteiger partial charge in [-0.25, -0.2) is 0 Å². The average Bonchev–Trinajstić information content (AvgIpc) is 2.65. The second kappa shape index (κ2) is 11.0. The number of nitrogens with zero attached hydrogens (tertiary/aromatic N) is 3. The van der Waals surface area contributed by atoms with Crippen molar-refractivity contribution in [3.05, 3.63) is 30.1 Å². The Morgan fingerprint density at radius 3 is 2.80 bits per heavy atom. The van der Waals surface area contributed by atoms with Crippen molar-refractivity contribution in [3.8, 4) is 0 Å². The lowest BCUT2D eigenvalue weighted by atomic mass is 10.2. The molecule has 1 aromatic rings. The molecule has 1 aliphatic rings. The van der Waals surface area contributed by atoms with Gasteiger partial charge in [0.1, 0.15) is 6.54 Å². The summed E-state index contributed by atoms with van der Waals surface area (Å²) in [6, 6.07) is 3.94. The van der Waals surface area contributed by atoms with E-state index in [-0.39, 0.29) is 12.5 Å². The summed E-state index contributed by atoms with van der Waals surface area (Å²) in [5.41, 5.74) is 1.12. The Morgan fingerprint density at radius 2 is 2.12 bits per heavy atom. The van der Waals surface area contributed by atoms with Crippen LogP contribution in [0.4, 0.5) is 0 Å². The van der Waals surface area contributed by atoms with Crippen LogP contribution in [0.3, 0.4) is 0 Å². The highest BCUT2D eigenvalue weighted by Gasteiger charge is 2.15. The lowest BCUT2D eigenvalue weighted by molar-refractivity contribution is -0.141. The molecule has 1 N–H and O–H groups in total. The second-order valence-corrected chi connectivity index (χ2v) is 6.08. The molecule has 0 saturated carbocycles. The molecule has 0 aromatic carbocycles. The monoisotopic (exact) mass is 366 g/mol.